The molecule has 4 rings (SSSR count). The second-order valence-corrected chi connectivity index (χ2v) is 6.89. The summed E-state index contributed by atoms with van der Waals surface area (Å²) in [5.41, 5.74) is 1.14. The van der Waals surface area contributed by atoms with Gasteiger partial charge in [-0.1, -0.05) is 28.1 Å². The minimum Gasteiger partial charge on any atom is -0.348 e. The van der Waals surface area contributed by atoms with Crippen molar-refractivity contribution in [3.63, 3.8) is 0 Å². The fraction of sp³-hybridized carbons (Fsp3) is 0.312. The predicted molar refractivity (Wildman–Crippen MR) is 89.1 cm³/mol. The molecule has 0 N–H and O–H groups in total. The molecule has 0 unspecified atom stereocenters. The summed E-state index contributed by atoms with van der Waals surface area (Å²) < 4.78 is 40.9. The van der Waals surface area contributed by atoms with Gasteiger partial charge in [-0.05, 0) is 42.7 Å². The number of nitrogens with zero attached hydrogens (tertiary/aromatic N) is 5. The molecule has 1 aliphatic rings. The Morgan fingerprint density at radius 3 is 2.64 bits per heavy atom. The molecule has 1 aromatic carbocycles. The van der Waals surface area contributed by atoms with Crippen LogP contribution in [0.5, 0.6) is 0 Å². The van der Waals surface area contributed by atoms with Crippen LogP contribution in [0.4, 0.5) is 19.0 Å². The Kier molecular flexibility index (Phi) is 3.90. The average molecular weight is 412 g/mol. The van der Waals surface area contributed by atoms with Gasteiger partial charge in [-0.15, -0.1) is 15.3 Å². The van der Waals surface area contributed by atoms with Crippen LogP contribution in [0.25, 0.3) is 5.65 Å². The van der Waals surface area contributed by atoms with Crippen LogP contribution in [0, 0.1) is 0 Å². The van der Waals surface area contributed by atoms with E-state index in [1.807, 2.05) is 29.2 Å². The normalized spacial score (nSPS) is 14.9. The highest BCUT2D eigenvalue weighted by molar-refractivity contribution is 9.10. The molecular formula is C16H13BrF3N5. The van der Waals surface area contributed by atoms with Crippen molar-refractivity contribution >= 4 is 27.4 Å². The molecule has 0 aliphatic heterocycles. The van der Waals surface area contributed by atoms with Crippen molar-refractivity contribution in [2.24, 2.45) is 0 Å². The van der Waals surface area contributed by atoms with Crippen LogP contribution in [-0.2, 0) is 12.7 Å². The molecular weight excluding hydrogens is 399 g/mol. The van der Waals surface area contributed by atoms with Crippen LogP contribution in [-0.4, -0.2) is 25.9 Å². The van der Waals surface area contributed by atoms with Crippen molar-refractivity contribution in [1.82, 2.24) is 19.8 Å². The molecule has 3 aromatic rings. The molecule has 1 aliphatic carbocycles. The third kappa shape index (κ3) is 3.33. The number of anilines is 1. The Bertz CT molecular complexity index is 920. The van der Waals surface area contributed by atoms with Crippen molar-refractivity contribution < 1.29 is 13.2 Å². The van der Waals surface area contributed by atoms with Gasteiger partial charge in [-0.25, -0.2) is 0 Å². The molecule has 9 heteroatoms. The molecule has 130 valence electrons. The Hall–Kier alpha value is -2.16. The molecule has 0 bridgehead atoms. The number of aromatic nitrogens is 4. The van der Waals surface area contributed by atoms with Gasteiger partial charge < -0.3 is 4.90 Å². The summed E-state index contributed by atoms with van der Waals surface area (Å²) >= 11 is 3.44. The molecule has 2 aromatic heterocycles. The van der Waals surface area contributed by atoms with E-state index in [9.17, 15) is 13.2 Å². The minimum atomic E-state index is -4.60. The van der Waals surface area contributed by atoms with Crippen molar-refractivity contribution in [1.29, 1.82) is 0 Å². The van der Waals surface area contributed by atoms with Gasteiger partial charge in [0.2, 0.25) is 0 Å². The zero-order chi connectivity index (χ0) is 17.6. The summed E-state index contributed by atoms with van der Waals surface area (Å²) in [6, 6.07) is 11.3. The van der Waals surface area contributed by atoms with E-state index in [-0.39, 0.29) is 11.7 Å². The number of rotatable bonds is 4. The van der Waals surface area contributed by atoms with Crippen molar-refractivity contribution in [3.8, 4) is 0 Å². The smallest absolute Gasteiger partial charge is 0.348 e. The predicted octanol–water partition coefficient (Wildman–Crippen LogP) is 4.07. The number of halogens is 4. The maximum Gasteiger partial charge on any atom is 0.453 e. The van der Waals surface area contributed by atoms with Crippen molar-refractivity contribution in [2.45, 2.75) is 31.6 Å². The highest BCUT2D eigenvalue weighted by Crippen LogP contribution is 2.33. The van der Waals surface area contributed by atoms with E-state index in [1.165, 1.54) is 6.07 Å². The maximum absolute atomic E-state index is 13.1. The Balaban J connectivity index is 1.72. The third-order valence-corrected chi connectivity index (χ3v) is 4.52. The first-order chi connectivity index (χ1) is 11.9. The maximum atomic E-state index is 13.1. The molecule has 5 nitrogen and oxygen atoms in total. The lowest BCUT2D eigenvalue weighted by atomic mass is 10.2. The van der Waals surface area contributed by atoms with Gasteiger partial charge in [0.25, 0.3) is 5.82 Å². The largest absolute Gasteiger partial charge is 0.453 e. The standard InChI is InChI=1S/C16H13BrF3N5/c17-11-3-1-2-10(8-11)9-24(12-4-5-12)14-7-6-13-21-22-15(16(18,19)20)25(13)23-14/h1-3,6-8,12H,4-5,9H2. The Morgan fingerprint density at radius 2 is 1.96 bits per heavy atom. The Morgan fingerprint density at radius 1 is 1.16 bits per heavy atom. The van der Waals surface area contributed by atoms with Gasteiger partial charge in [-0.2, -0.15) is 17.7 Å². The van der Waals surface area contributed by atoms with Crippen LogP contribution < -0.4 is 4.90 Å². The first kappa shape index (κ1) is 16.3. The van der Waals surface area contributed by atoms with Gasteiger partial charge in [-0.3, -0.25) is 0 Å². The van der Waals surface area contributed by atoms with Crippen LogP contribution in [0.1, 0.15) is 24.2 Å². The lowest BCUT2D eigenvalue weighted by Crippen LogP contribution is -2.27. The van der Waals surface area contributed by atoms with E-state index >= 15 is 0 Å². The van der Waals surface area contributed by atoms with E-state index in [2.05, 4.69) is 31.2 Å². The third-order valence-electron chi connectivity index (χ3n) is 4.03. The van der Waals surface area contributed by atoms with Crippen molar-refractivity contribution in [3.05, 3.63) is 52.3 Å². The molecule has 2 heterocycles. The number of alkyl halides is 3. The van der Waals surface area contributed by atoms with Gasteiger partial charge in [0.15, 0.2) is 5.65 Å². The lowest BCUT2D eigenvalue weighted by molar-refractivity contribution is -0.146. The molecule has 25 heavy (non-hydrogen) atoms. The van der Waals surface area contributed by atoms with Gasteiger partial charge in [0.05, 0.1) is 0 Å². The summed E-state index contributed by atoms with van der Waals surface area (Å²) in [6.45, 7) is 0.575. The van der Waals surface area contributed by atoms with E-state index < -0.39 is 12.0 Å². The van der Waals surface area contributed by atoms with Gasteiger partial charge >= 0.3 is 6.18 Å². The SMILES string of the molecule is FC(F)(F)c1nnc2ccc(N(Cc3cccc(Br)c3)C3CC3)nn12. The second kappa shape index (κ2) is 5.98. The number of fused-ring (bicyclic) bond motifs is 1. The first-order valence-electron chi connectivity index (χ1n) is 7.72. The van der Waals surface area contributed by atoms with Gasteiger partial charge in [0.1, 0.15) is 5.82 Å². The Labute approximate surface area is 149 Å². The zero-order valence-corrected chi connectivity index (χ0v) is 14.5. The molecule has 1 saturated carbocycles. The number of hydrogen-bond donors (Lipinski definition) is 0. The van der Waals surface area contributed by atoms with E-state index in [0.29, 0.717) is 12.4 Å². The lowest BCUT2D eigenvalue weighted by Gasteiger charge is -2.23. The molecule has 0 spiro atoms. The highest BCUT2D eigenvalue weighted by Gasteiger charge is 2.38. The summed E-state index contributed by atoms with van der Waals surface area (Å²) in [5.74, 6) is -0.622. The number of benzene rings is 1. The molecule has 0 saturated heterocycles. The fourth-order valence-electron chi connectivity index (χ4n) is 2.72. The zero-order valence-electron chi connectivity index (χ0n) is 12.9. The summed E-state index contributed by atoms with van der Waals surface area (Å²) in [6.07, 6.45) is -2.59. The molecule has 0 atom stereocenters. The van der Waals surface area contributed by atoms with E-state index in [0.717, 1.165) is 27.4 Å². The molecule has 0 radical (unpaired) electrons. The summed E-state index contributed by atoms with van der Waals surface area (Å²) in [4.78, 5) is 2.03. The van der Waals surface area contributed by atoms with E-state index in [4.69, 9.17) is 0 Å². The first-order valence-corrected chi connectivity index (χ1v) is 8.52. The summed E-state index contributed by atoms with van der Waals surface area (Å²) in [7, 11) is 0. The van der Waals surface area contributed by atoms with Crippen molar-refractivity contribution in [2.75, 3.05) is 4.90 Å². The van der Waals surface area contributed by atoms with Crippen LogP contribution in [0.2, 0.25) is 0 Å². The topological polar surface area (TPSA) is 46.3 Å². The van der Waals surface area contributed by atoms with Crippen LogP contribution >= 0.6 is 15.9 Å². The molecule has 0 amide bonds. The minimum absolute atomic E-state index is 0.0780. The quantitative estimate of drug-likeness (QED) is 0.648. The van der Waals surface area contributed by atoms with Crippen LogP contribution in [0.3, 0.4) is 0 Å². The van der Waals surface area contributed by atoms with E-state index in [1.54, 1.807) is 6.07 Å². The second-order valence-electron chi connectivity index (χ2n) is 5.97. The van der Waals surface area contributed by atoms with Crippen LogP contribution in [0.15, 0.2) is 40.9 Å². The summed E-state index contributed by atoms with van der Waals surface area (Å²) in [5, 5.41) is 10.9. The fourth-order valence-corrected chi connectivity index (χ4v) is 3.17. The highest BCUT2D eigenvalue weighted by atomic mass is 79.9. The average Bonchev–Trinajstić information content (AvgIpc) is 3.29. The monoisotopic (exact) mass is 411 g/mol. The van der Waals surface area contributed by atoms with Gasteiger partial charge in [0, 0.05) is 17.1 Å². The number of hydrogen-bond acceptors (Lipinski definition) is 4. The molecule has 1 fully saturated rings.